The molecule has 0 spiro atoms. The first-order valence-corrected chi connectivity index (χ1v) is 6.97. The molecular weight excluding hydrogens is 234 g/mol. The first-order valence-electron chi connectivity index (χ1n) is 6.97. The summed E-state index contributed by atoms with van der Waals surface area (Å²) in [5.74, 6) is 0.597. The van der Waals surface area contributed by atoms with Gasteiger partial charge in [-0.05, 0) is 43.9 Å². The lowest BCUT2D eigenvalue weighted by atomic mass is 9.93. The Morgan fingerprint density at radius 2 is 2.00 bits per heavy atom. The first kappa shape index (κ1) is 13.8. The Morgan fingerprint density at radius 3 is 2.63 bits per heavy atom. The van der Waals surface area contributed by atoms with E-state index in [9.17, 15) is 0 Å². The second-order valence-electron chi connectivity index (χ2n) is 5.00. The fraction of sp³-hybridized carbons (Fsp3) is 0.438. The maximum atomic E-state index is 4.21. The molecule has 1 N–H and O–H groups in total. The average molecular weight is 257 g/mol. The van der Waals surface area contributed by atoms with Crippen LogP contribution in [-0.4, -0.2) is 23.4 Å². The zero-order chi connectivity index (χ0) is 13.5. The summed E-state index contributed by atoms with van der Waals surface area (Å²) in [6.45, 7) is 1.04. The number of likely N-dealkylation sites (N-methyl/N-ethyl adjacent to an activating group) is 1. The molecule has 0 aliphatic rings. The lowest BCUT2D eigenvalue weighted by Crippen LogP contribution is -2.17. The van der Waals surface area contributed by atoms with Crippen molar-refractivity contribution in [2.24, 2.45) is 7.05 Å². The number of nitrogens with zero attached hydrogens (tertiary/aromatic N) is 2. The predicted molar refractivity (Wildman–Crippen MR) is 79.3 cm³/mol. The minimum Gasteiger partial charge on any atom is -0.319 e. The van der Waals surface area contributed by atoms with Crippen LogP contribution >= 0.6 is 0 Å². The van der Waals surface area contributed by atoms with Crippen molar-refractivity contribution < 1.29 is 0 Å². The smallest absolute Gasteiger partial charge is 0.0492 e. The van der Waals surface area contributed by atoms with E-state index in [2.05, 4.69) is 46.8 Å². The lowest BCUT2D eigenvalue weighted by Gasteiger charge is -2.17. The second kappa shape index (κ2) is 7.10. The fourth-order valence-corrected chi connectivity index (χ4v) is 2.53. The quantitative estimate of drug-likeness (QED) is 0.826. The second-order valence-corrected chi connectivity index (χ2v) is 5.00. The van der Waals surface area contributed by atoms with Gasteiger partial charge in [-0.15, -0.1) is 0 Å². The zero-order valence-electron chi connectivity index (χ0n) is 11.8. The first-order chi connectivity index (χ1) is 9.31. The highest BCUT2D eigenvalue weighted by molar-refractivity contribution is 5.19. The van der Waals surface area contributed by atoms with Crippen LogP contribution in [0.1, 0.15) is 30.0 Å². The number of rotatable bonds is 7. The van der Waals surface area contributed by atoms with Crippen LogP contribution in [0, 0.1) is 0 Å². The van der Waals surface area contributed by atoms with Crippen LogP contribution < -0.4 is 5.32 Å². The summed E-state index contributed by atoms with van der Waals surface area (Å²) in [7, 11) is 4.04. The monoisotopic (exact) mass is 257 g/mol. The van der Waals surface area contributed by atoms with E-state index in [1.807, 2.05) is 25.0 Å². The van der Waals surface area contributed by atoms with Crippen LogP contribution in [0.25, 0.3) is 0 Å². The highest BCUT2D eigenvalue weighted by atomic mass is 15.2. The Balaban J connectivity index is 1.89. The van der Waals surface area contributed by atoms with Crippen molar-refractivity contribution in [3.8, 4) is 0 Å². The number of benzene rings is 1. The van der Waals surface area contributed by atoms with Crippen molar-refractivity contribution in [2.45, 2.75) is 25.2 Å². The van der Waals surface area contributed by atoms with Gasteiger partial charge in [-0.2, -0.15) is 5.10 Å². The Bertz CT molecular complexity index is 476. The SMILES string of the molecule is CNCC(CCCc1ccnn1C)c1ccccc1. The Kier molecular flexibility index (Phi) is 5.16. The van der Waals surface area contributed by atoms with E-state index in [4.69, 9.17) is 0 Å². The molecule has 0 aliphatic heterocycles. The molecule has 1 atom stereocenters. The summed E-state index contributed by atoms with van der Waals surface area (Å²) < 4.78 is 1.97. The molecular formula is C16H23N3. The number of hydrogen-bond donors (Lipinski definition) is 1. The normalized spacial score (nSPS) is 12.5. The molecule has 102 valence electrons. The molecule has 0 fully saturated rings. The van der Waals surface area contributed by atoms with Crippen molar-refractivity contribution in [1.82, 2.24) is 15.1 Å². The van der Waals surface area contributed by atoms with E-state index in [0.717, 1.165) is 13.0 Å². The van der Waals surface area contributed by atoms with Gasteiger partial charge < -0.3 is 5.32 Å². The lowest BCUT2D eigenvalue weighted by molar-refractivity contribution is 0.550. The molecule has 3 nitrogen and oxygen atoms in total. The van der Waals surface area contributed by atoms with E-state index >= 15 is 0 Å². The highest BCUT2D eigenvalue weighted by Gasteiger charge is 2.10. The Labute approximate surface area is 115 Å². The van der Waals surface area contributed by atoms with Gasteiger partial charge in [-0.3, -0.25) is 4.68 Å². The number of hydrogen-bond acceptors (Lipinski definition) is 2. The number of aryl methyl sites for hydroxylation is 2. The molecule has 1 unspecified atom stereocenters. The van der Waals surface area contributed by atoms with Gasteiger partial charge in [-0.1, -0.05) is 30.3 Å². The Morgan fingerprint density at radius 1 is 1.21 bits per heavy atom. The zero-order valence-corrected chi connectivity index (χ0v) is 11.8. The van der Waals surface area contributed by atoms with Crippen molar-refractivity contribution in [1.29, 1.82) is 0 Å². The maximum absolute atomic E-state index is 4.21. The molecule has 3 heteroatoms. The average Bonchev–Trinajstić information content (AvgIpc) is 2.84. The molecule has 0 amide bonds. The van der Waals surface area contributed by atoms with Gasteiger partial charge in [0.1, 0.15) is 0 Å². The number of nitrogens with one attached hydrogen (secondary N) is 1. The topological polar surface area (TPSA) is 29.9 Å². The molecule has 1 heterocycles. The maximum Gasteiger partial charge on any atom is 0.0492 e. The molecule has 0 saturated carbocycles. The van der Waals surface area contributed by atoms with E-state index in [1.165, 1.54) is 24.1 Å². The molecule has 1 aromatic heterocycles. The molecule has 2 aromatic rings. The third-order valence-electron chi connectivity index (χ3n) is 3.63. The largest absolute Gasteiger partial charge is 0.319 e. The summed E-state index contributed by atoms with van der Waals surface area (Å²) in [6.07, 6.45) is 5.37. The van der Waals surface area contributed by atoms with Crippen molar-refractivity contribution in [3.05, 3.63) is 53.9 Å². The summed E-state index contributed by atoms with van der Waals surface area (Å²) in [6, 6.07) is 12.9. The summed E-state index contributed by atoms with van der Waals surface area (Å²) in [4.78, 5) is 0. The van der Waals surface area contributed by atoms with Gasteiger partial charge >= 0.3 is 0 Å². The van der Waals surface area contributed by atoms with Gasteiger partial charge in [-0.25, -0.2) is 0 Å². The predicted octanol–water partition coefficient (Wildman–Crippen LogP) is 2.75. The molecule has 0 saturated heterocycles. The van der Waals surface area contributed by atoms with Gasteiger partial charge in [0.2, 0.25) is 0 Å². The van der Waals surface area contributed by atoms with E-state index in [1.54, 1.807) is 0 Å². The van der Waals surface area contributed by atoms with Crippen molar-refractivity contribution in [3.63, 3.8) is 0 Å². The summed E-state index contributed by atoms with van der Waals surface area (Å²) in [5.41, 5.74) is 2.75. The van der Waals surface area contributed by atoms with Gasteiger partial charge in [0.05, 0.1) is 0 Å². The van der Waals surface area contributed by atoms with Crippen LogP contribution in [0.3, 0.4) is 0 Å². The van der Waals surface area contributed by atoms with Crippen LogP contribution in [-0.2, 0) is 13.5 Å². The molecule has 1 aromatic carbocycles. The van der Waals surface area contributed by atoms with Gasteiger partial charge in [0, 0.05) is 25.5 Å². The van der Waals surface area contributed by atoms with Crippen molar-refractivity contribution >= 4 is 0 Å². The van der Waals surface area contributed by atoms with E-state index < -0.39 is 0 Å². The summed E-state index contributed by atoms with van der Waals surface area (Å²) in [5, 5.41) is 7.52. The van der Waals surface area contributed by atoms with Crippen LogP contribution in [0.5, 0.6) is 0 Å². The molecule has 0 bridgehead atoms. The van der Waals surface area contributed by atoms with Gasteiger partial charge in [0.25, 0.3) is 0 Å². The van der Waals surface area contributed by atoms with Crippen molar-refractivity contribution in [2.75, 3.05) is 13.6 Å². The molecule has 2 rings (SSSR count). The fourth-order valence-electron chi connectivity index (χ4n) is 2.53. The third kappa shape index (κ3) is 3.93. The van der Waals surface area contributed by atoms with Crippen LogP contribution in [0.15, 0.2) is 42.6 Å². The molecule has 19 heavy (non-hydrogen) atoms. The summed E-state index contributed by atoms with van der Waals surface area (Å²) >= 11 is 0. The van der Waals surface area contributed by atoms with Gasteiger partial charge in [0.15, 0.2) is 0 Å². The Hall–Kier alpha value is -1.61. The minimum atomic E-state index is 0.597. The van der Waals surface area contributed by atoms with E-state index in [-0.39, 0.29) is 0 Å². The highest BCUT2D eigenvalue weighted by Crippen LogP contribution is 2.21. The molecule has 0 aliphatic carbocycles. The third-order valence-corrected chi connectivity index (χ3v) is 3.63. The van der Waals surface area contributed by atoms with Crippen LogP contribution in [0.4, 0.5) is 0 Å². The minimum absolute atomic E-state index is 0.597. The van der Waals surface area contributed by atoms with Crippen LogP contribution in [0.2, 0.25) is 0 Å². The standard InChI is InChI=1S/C16H23N3/c1-17-13-15(14-7-4-3-5-8-14)9-6-10-16-11-12-18-19(16)2/h3-5,7-8,11-12,15,17H,6,9-10,13H2,1-2H3. The molecule has 0 radical (unpaired) electrons. The van der Waals surface area contributed by atoms with E-state index in [0.29, 0.717) is 5.92 Å². The number of aromatic nitrogens is 2.